The number of allylic oxidation sites excluding steroid dienone is 6. The number of rotatable bonds is 1. The predicted octanol–water partition coefficient (Wildman–Crippen LogP) is 3.32. The van der Waals surface area contributed by atoms with Crippen molar-refractivity contribution < 1.29 is 14.6 Å². The second kappa shape index (κ2) is 4.74. The van der Waals surface area contributed by atoms with Gasteiger partial charge >= 0.3 is 0 Å². The molecule has 4 heteroatoms. The number of carbonyl (C=O) groups excluding carboxylic acids is 1. The molecule has 1 heterocycles. The summed E-state index contributed by atoms with van der Waals surface area (Å²) in [6.45, 7) is 1.44. The zero-order valence-electron chi connectivity index (χ0n) is 10.9. The van der Waals surface area contributed by atoms with E-state index in [0.29, 0.717) is 22.8 Å². The van der Waals surface area contributed by atoms with Gasteiger partial charge in [0.2, 0.25) is 5.91 Å². The molecule has 2 N–H and O–H groups in total. The van der Waals surface area contributed by atoms with Gasteiger partial charge in [-0.2, -0.15) is 0 Å². The summed E-state index contributed by atoms with van der Waals surface area (Å²) in [5.41, 5.74) is 2.09. The maximum absolute atomic E-state index is 11.0. The summed E-state index contributed by atoms with van der Waals surface area (Å²) in [4.78, 5) is 11.0. The SMILES string of the molecule is CC(=O)Nc1ccc2c(c1)C(O)=CC(=C1C=CC=C1)O2. The molecular weight excluding hydrogens is 254 g/mol. The topological polar surface area (TPSA) is 58.6 Å². The molecule has 0 saturated carbocycles. The van der Waals surface area contributed by atoms with Gasteiger partial charge in [0.15, 0.2) is 0 Å². The maximum atomic E-state index is 11.0. The molecule has 2 aliphatic rings. The van der Waals surface area contributed by atoms with Crippen LogP contribution in [0, 0.1) is 0 Å². The van der Waals surface area contributed by atoms with E-state index in [-0.39, 0.29) is 11.7 Å². The number of carbonyl (C=O) groups is 1. The van der Waals surface area contributed by atoms with Crippen LogP contribution in [0.15, 0.2) is 59.9 Å². The number of ether oxygens (including phenoxy) is 1. The molecule has 1 aliphatic carbocycles. The van der Waals surface area contributed by atoms with Crippen molar-refractivity contribution in [1.82, 2.24) is 0 Å². The molecule has 1 aromatic carbocycles. The highest BCUT2D eigenvalue weighted by atomic mass is 16.5. The number of aliphatic hydroxyl groups is 1. The fourth-order valence-corrected chi connectivity index (χ4v) is 2.13. The van der Waals surface area contributed by atoms with Gasteiger partial charge in [0.25, 0.3) is 0 Å². The minimum Gasteiger partial charge on any atom is -0.507 e. The Morgan fingerprint density at radius 2 is 2.00 bits per heavy atom. The lowest BCUT2D eigenvalue weighted by atomic mass is 10.1. The summed E-state index contributed by atoms with van der Waals surface area (Å²) in [6.07, 6.45) is 9.22. The Hall–Kier alpha value is -2.75. The van der Waals surface area contributed by atoms with Crippen molar-refractivity contribution in [3.63, 3.8) is 0 Å². The molecule has 0 bridgehead atoms. The molecule has 0 atom stereocenters. The van der Waals surface area contributed by atoms with Gasteiger partial charge in [-0.15, -0.1) is 0 Å². The third-order valence-corrected chi connectivity index (χ3v) is 3.01. The van der Waals surface area contributed by atoms with Crippen molar-refractivity contribution in [2.24, 2.45) is 0 Å². The first kappa shape index (κ1) is 12.3. The van der Waals surface area contributed by atoms with Crippen LogP contribution in [0.4, 0.5) is 5.69 Å². The summed E-state index contributed by atoms with van der Waals surface area (Å²) in [7, 11) is 0. The molecule has 1 aliphatic heterocycles. The predicted molar refractivity (Wildman–Crippen MR) is 77.3 cm³/mol. The number of hydrogen-bond acceptors (Lipinski definition) is 3. The van der Waals surface area contributed by atoms with Crippen molar-refractivity contribution in [1.29, 1.82) is 0 Å². The van der Waals surface area contributed by atoms with Crippen molar-refractivity contribution in [2.75, 3.05) is 5.32 Å². The molecule has 0 unspecified atom stereocenters. The molecule has 0 spiro atoms. The van der Waals surface area contributed by atoms with Crippen LogP contribution in [-0.4, -0.2) is 11.0 Å². The number of anilines is 1. The van der Waals surface area contributed by atoms with Crippen LogP contribution >= 0.6 is 0 Å². The van der Waals surface area contributed by atoms with Crippen LogP contribution in [0.2, 0.25) is 0 Å². The van der Waals surface area contributed by atoms with Crippen LogP contribution in [-0.2, 0) is 4.79 Å². The van der Waals surface area contributed by atoms with E-state index < -0.39 is 0 Å². The lowest BCUT2D eigenvalue weighted by molar-refractivity contribution is -0.114. The van der Waals surface area contributed by atoms with Gasteiger partial charge in [0.05, 0.1) is 5.56 Å². The first-order chi connectivity index (χ1) is 9.63. The summed E-state index contributed by atoms with van der Waals surface area (Å²) < 4.78 is 5.77. The number of fused-ring (bicyclic) bond motifs is 1. The maximum Gasteiger partial charge on any atom is 0.221 e. The molecule has 3 rings (SSSR count). The summed E-state index contributed by atoms with van der Waals surface area (Å²) >= 11 is 0. The Bertz CT molecular complexity index is 694. The van der Waals surface area contributed by atoms with Crippen LogP contribution in [0.5, 0.6) is 5.75 Å². The number of hydrogen-bond donors (Lipinski definition) is 2. The van der Waals surface area contributed by atoms with Crippen molar-refractivity contribution in [3.8, 4) is 5.75 Å². The highest BCUT2D eigenvalue weighted by molar-refractivity contribution is 5.89. The van der Waals surface area contributed by atoms with Gasteiger partial charge in [0.1, 0.15) is 17.3 Å². The van der Waals surface area contributed by atoms with Crippen molar-refractivity contribution >= 4 is 17.4 Å². The first-order valence-corrected chi connectivity index (χ1v) is 6.23. The number of amides is 1. The van der Waals surface area contributed by atoms with E-state index >= 15 is 0 Å². The first-order valence-electron chi connectivity index (χ1n) is 6.23. The smallest absolute Gasteiger partial charge is 0.221 e. The van der Waals surface area contributed by atoms with Gasteiger partial charge < -0.3 is 15.2 Å². The van der Waals surface area contributed by atoms with Crippen LogP contribution in [0.1, 0.15) is 12.5 Å². The molecule has 4 nitrogen and oxygen atoms in total. The molecule has 0 fully saturated rings. The zero-order chi connectivity index (χ0) is 14.1. The molecule has 100 valence electrons. The van der Waals surface area contributed by atoms with Gasteiger partial charge in [-0.3, -0.25) is 4.79 Å². The Kier molecular flexibility index (Phi) is 2.91. The monoisotopic (exact) mass is 267 g/mol. The quantitative estimate of drug-likeness (QED) is 0.820. The van der Waals surface area contributed by atoms with Crippen molar-refractivity contribution in [2.45, 2.75) is 6.92 Å². The Labute approximate surface area is 116 Å². The average molecular weight is 267 g/mol. The molecule has 1 aromatic rings. The summed E-state index contributed by atoms with van der Waals surface area (Å²) in [6, 6.07) is 5.15. The highest BCUT2D eigenvalue weighted by Gasteiger charge is 2.19. The van der Waals surface area contributed by atoms with Gasteiger partial charge in [-0.05, 0) is 18.2 Å². The fraction of sp³-hybridized carbons (Fsp3) is 0.0625. The van der Waals surface area contributed by atoms with Crippen LogP contribution in [0.3, 0.4) is 0 Å². The summed E-state index contributed by atoms with van der Waals surface area (Å²) in [5, 5.41) is 12.8. The standard InChI is InChI=1S/C16H13NO3/c1-10(18)17-12-6-7-15-13(8-12)14(19)9-16(20-15)11-4-2-3-5-11/h2-9,19H,1H3,(H,17,18). The Morgan fingerprint density at radius 1 is 1.25 bits per heavy atom. The van der Waals surface area contributed by atoms with Crippen LogP contribution in [0.25, 0.3) is 5.76 Å². The average Bonchev–Trinajstić information content (AvgIpc) is 2.92. The normalized spacial score (nSPS) is 15.8. The van der Waals surface area contributed by atoms with E-state index in [4.69, 9.17) is 4.74 Å². The van der Waals surface area contributed by atoms with E-state index in [1.54, 1.807) is 24.3 Å². The van der Waals surface area contributed by atoms with Gasteiger partial charge in [-0.25, -0.2) is 0 Å². The third kappa shape index (κ3) is 2.23. The minimum atomic E-state index is -0.158. The fourth-order valence-electron chi connectivity index (χ4n) is 2.13. The molecule has 0 saturated heterocycles. The highest BCUT2D eigenvalue weighted by Crippen LogP contribution is 2.35. The molecular formula is C16H13NO3. The van der Waals surface area contributed by atoms with Gasteiger partial charge in [0, 0.05) is 24.3 Å². The Morgan fingerprint density at radius 3 is 2.70 bits per heavy atom. The number of nitrogens with one attached hydrogen (secondary N) is 1. The molecule has 0 radical (unpaired) electrons. The van der Waals surface area contributed by atoms with E-state index in [0.717, 1.165) is 5.57 Å². The largest absolute Gasteiger partial charge is 0.507 e. The number of aliphatic hydroxyl groups excluding tert-OH is 1. The lowest BCUT2D eigenvalue weighted by Crippen LogP contribution is -2.08. The Balaban J connectivity index is 2.00. The molecule has 0 aromatic heterocycles. The minimum absolute atomic E-state index is 0.120. The zero-order valence-corrected chi connectivity index (χ0v) is 10.9. The molecule has 1 amide bonds. The second-order valence-electron chi connectivity index (χ2n) is 4.56. The van der Waals surface area contributed by atoms with Crippen molar-refractivity contribution in [3.05, 3.63) is 65.5 Å². The van der Waals surface area contributed by atoms with Gasteiger partial charge in [-0.1, -0.05) is 24.3 Å². The van der Waals surface area contributed by atoms with E-state index in [1.807, 2.05) is 24.3 Å². The third-order valence-electron chi connectivity index (χ3n) is 3.01. The van der Waals surface area contributed by atoms with Crippen LogP contribution < -0.4 is 10.1 Å². The molecule has 20 heavy (non-hydrogen) atoms. The number of benzene rings is 1. The second-order valence-corrected chi connectivity index (χ2v) is 4.56. The van der Waals surface area contributed by atoms with E-state index in [9.17, 15) is 9.90 Å². The van der Waals surface area contributed by atoms with E-state index in [2.05, 4.69) is 5.32 Å². The lowest BCUT2D eigenvalue weighted by Gasteiger charge is -2.19. The summed E-state index contributed by atoms with van der Waals surface area (Å²) in [5.74, 6) is 1.13. The van der Waals surface area contributed by atoms with E-state index in [1.165, 1.54) is 6.92 Å².